The second-order valence-electron chi connectivity index (χ2n) is 7.81. The van der Waals surface area contributed by atoms with Gasteiger partial charge in [0.05, 0.1) is 29.0 Å². The molecule has 2 aromatic carbocycles. The Morgan fingerprint density at radius 2 is 1.86 bits per heavy atom. The molecule has 0 saturated carbocycles. The second-order valence-corrected chi connectivity index (χ2v) is 7.81. The number of aromatic nitrogens is 1. The van der Waals surface area contributed by atoms with Crippen LogP contribution in [0.2, 0.25) is 0 Å². The zero-order valence-electron chi connectivity index (χ0n) is 17.8. The summed E-state index contributed by atoms with van der Waals surface area (Å²) in [5.74, 6) is -1.73. The molecule has 35 heavy (non-hydrogen) atoms. The van der Waals surface area contributed by atoms with E-state index in [0.29, 0.717) is 35.9 Å². The number of rotatable bonds is 4. The highest BCUT2D eigenvalue weighted by Gasteiger charge is 2.39. The first-order valence-corrected chi connectivity index (χ1v) is 10.4. The largest absolute Gasteiger partial charge is 0.417 e. The van der Waals surface area contributed by atoms with E-state index in [4.69, 9.17) is 4.74 Å². The number of hydrogen-bond donors (Lipinski definition) is 3. The maximum atomic E-state index is 13.3. The molecule has 12 heteroatoms. The number of halogens is 4. The molecule has 1 unspecified atom stereocenters. The molecular weight excluding hydrogens is 470 g/mol. The summed E-state index contributed by atoms with van der Waals surface area (Å²) in [6.45, 7) is 0.840. The lowest BCUT2D eigenvalue weighted by atomic mass is 10.1. The van der Waals surface area contributed by atoms with Crippen LogP contribution in [0.3, 0.4) is 0 Å². The molecule has 1 saturated heterocycles. The Balaban J connectivity index is 1.34. The number of carbonyl (C=O) groups excluding carboxylic acids is 2. The first-order valence-electron chi connectivity index (χ1n) is 10.4. The predicted molar refractivity (Wildman–Crippen MR) is 118 cm³/mol. The van der Waals surface area contributed by atoms with E-state index in [0.717, 1.165) is 12.1 Å². The van der Waals surface area contributed by atoms with Crippen LogP contribution >= 0.6 is 0 Å². The molecule has 1 aromatic heterocycles. The van der Waals surface area contributed by atoms with Crippen LogP contribution in [0.5, 0.6) is 0 Å². The maximum Gasteiger partial charge on any atom is 0.417 e. The van der Waals surface area contributed by atoms with Gasteiger partial charge in [0.15, 0.2) is 6.23 Å². The number of nitrogens with zero attached hydrogens (tertiary/aromatic N) is 2. The normalized spacial score (nSPS) is 16.9. The van der Waals surface area contributed by atoms with Crippen molar-refractivity contribution in [3.05, 3.63) is 77.2 Å². The summed E-state index contributed by atoms with van der Waals surface area (Å²) < 4.78 is 58.7. The Morgan fingerprint density at radius 1 is 1.11 bits per heavy atom. The summed E-state index contributed by atoms with van der Waals surface area (Å²) >= 11 is 0. The lowest BCUT2D eigenvalue weighted by Crippen LogP contribution is -2.40. The number of fused-ring (bicyclic) bond motifs is 3. The van der Waals surface area contributed by atoms with Gasteiger partial charge < -0.3 is 15.4 Å². The number of alkyl halides is 3. The molecule has 2 aliphatic heterocycles. The molecule has 3 N–H and O–H groups in total. The van der Waals surface area contributed by atoms with Crippen LogP contribution in [0.15, 0.2) is 54.7 Å². The lowest BCUT2D eigenvalue weighted by Gasteiger charge is -2.31. The quantitative estimate of drug-likeness (QED) is 0.445. The topological polar surface area (TPSA) is 95.6 Å². The SMILES string of the molecule is O=C(Nc1ccc(Nc2ccnc3c2C2OCCN2C(=O)N3)cc1)c1ccc(F)cc1C(F)(F)F. The summed E-state index contributed by atoms with van der Waals surface area (Å²) in [6, 6.07) is 9.55. The van der Waals surface area contributed by atoms with Crippen LogP contribution < -0.4 is 16.0 Å². The second kappa shape index (κ2) is 8.55. The minimum Gasteiger partial charge on any atom is -0.355 e. The number of amides is 3. The highest BCUT2D eigenvalue weighted by Crippen LogP contribution is 2.40. The molecule has 1 atom stereocenters. The van der Waals surface area contributed by atoms with Gasteiger partial charge in [-0.3, -0.25) is 15.0 Å². The Bertz CT molecular complexity index is 1310. The number of pyridine rings is 1. The molecule has 2 aliphatic rings. The third-order valence-electron chi connectivity index (χ3n) is 5.57. The van der Waals surface area contributed by atoms with Crippen molar-refractivity contribution in [1.29, 1.82) is 0 Å². The Morgan fingerprint density at radius 3 is 2.60 bits per heavy atom. The minimum absolute atomic E-state index is 0.243. The summed E-state index contributed by atoms with van der Waals surface area (Å²) in [6.07, 6.45) is -3.93. The average Bonchev–Trinajstić information content (AvgIpc) is 3.30. The summed E-state index contributed by atoms with van der Waals surface area (Å²) in [4.78, 5) is 30.4. The molecule has 3 aromatic rings. The van der Waals surface area contributed by atoms with E-state index < -0.39 is 35.3 Å². The fraction of sp³-hybridized carbons (Fsp3) is 0.174. The molecule has 3 amide bonds. The summed E-state index contributed by atoms with van der Waals surface area (Å²) in [7, 11) is 0. The molecule has 3 heterocycles. The number of nitrogens with one attached hydrogen (secondary N) is 3. The molecule has 0 radical (unpaired) electrons. The van der Waals surface area contributed by atoms with Gasteiger partial charge in [-0.05, 0) is 48.5 Å². The van der Waals surface area contributed by atoms with Gasteiger partial charge >= 0.3 is 12.2 Å². The number of ether oxygens (including phenoxy) is 1. The van der Waals surface area contributed by atoms with Gasteiger partial charge in [-0.2, -0.15) is 13.2 Å². The maximum absolute atomic E-state index is 13.3. The van der Waals surface area contributed by atoms with Crippen molar-refractivity contribution in [1.82, 2.24) is 9.88 Å². The van der Waals surface area contributed by atoms with Crippen LogP contribution in [-0.4, -0.2) is 35.0 Å². The molecule has 1 fully saturated rings. The average molecular weight is 487 g/mol. The van der Waals surface area contributed by atoms with Crippen molar-refractivity contribution in [2.45, 2.75) is 12.4 Å². The van der Waals surface area contributed by atoms with Crippen LogP contribution in [0.25, 0.3) is 0 Å². The van der Waals surface area contributed by atoms with E-state index in [1.165, 1.54) is 18.3 Å². The van der Waals surface area contributed by atoms with E-state index >= 15 is 0 Å². The van der Waals surface area contributed by atoms with Crippen LogP contribution in [-0.2, 0) is 10.9 Å². The highest BCUT2D eigenvalue weighted by atomic mass is 19.4. The fourth-order valence-electron chi connectivity index (χ4n) is 3.96. The number of benzene rings is 2. The fourth-order valence-corrected chi connectivity index (χ4v) is 3.96. The van der Waals surface area contributed by atoms with Gasteiger partial charge in [-0.25, -0.2) is 14.2 Å². The van der Waals surface area contributed by atoms with Crippen molar-refractivity contribution >= 4 is 34.8 Å². The van der Waals surface area contributed by atoms with Gasteiger partial charge in [-0.1, -0.05) is 0 Å². The lowest BCUT2D eigenvalue weighted by molar-refractivity contribution is -0.138. The van der Waals surface area contributed by atoms with Gasteiger partial charge in [0, 0.05) is 24.1 Å². The number of anilines is 4. The third-order valence-corrected chi connectivity index (χ3v) is 5.57. The van der Waals surface area contributed by atoms with Crippen molar-refractivity contribution < 1.29 is 31.9 Å². The summed E-state index contributed by atoms with van der Waals surface area (Å²) in [5, 5.41) is 8.33. The predicted octanol–water partition coefficient (Wildman–Crippen LogP) is 5.11. The first-order chi connectivity index (χ1) is 16.7. The molecule has 0 aliphatic carbocycles. The minimum atomic E-state index is -4.88. The molecule has 5 rings (SSSR count). The third kappa shape index (κ3) is 4.35. The Labute approximate surface area is 195 Å². The van der Waals surface area contributed by atoms with Crippen LogP contribution in [0.1, 0.15) is 27.7 Å². The van der Waals surface area contributed by atoms with Gasteiger partial charge in [-0.15, -0.1) is 0 Å². The van der Waals surface area contributed by atoms with E-state index in [2.05, 4.69) is 20.9 Å². The van der Waals surface area contributed by atoms with E-state index in [9.17, 15) is 27.2 Å². The summed E-state index contributed by atoms with van der Waals surface area (Å²) in [5.41, 5.74) is 0.115. The van der Waals surface area contributed by atoms with E-state index in [1.807, 2.05) is 0 Å². The number of urea groups is 1. The van der Waals surface area contributed by atoms with Gasteiger partial charge in [0.2, 0.25) is 0 Å². The number of carbonyl (C=O) groups is 2. The molecule has 0 bridgehead atoms. The van der Waals surface area contributed by atoms with E-state index in [-0.39, 0.29) is 17.8 Å². The molecule has 8 nitrogen and oxygen atoms in total. The zero-order valence-corrected chi connectivity index (χ0v) is 17.8. The molecule has 180 valence electrons. The molecule has 0 spiro atoms. The number of hydrogen-bond acceptors (Lipinski definition) is 5. The first kappa shape index (κ1) is 22.6. The van der Waals surface area contributed by atoms with E-state index in [1.54, 1.807) is 23.1 Å². The Hall–Kier alpha value is -4.19. The van der Waals surface area contributed by atoms with Crippen molar-refractivity contribution in [3.63, 3.8) is 0 Å². The van der Waals surface area contributed by atoms with Crippen molar-refractivity contribution in [2.75, 3.05) is 29.1 Å². The zero-order chi connectivity index (χ0) is 24.7. The van der Waals surface area contributed by atoms with Crippen molar-refractivity contribution in [2.24, 2.45) is 0 Å². The standard InChI is InChI=1S/C23H17F4N5O3/c24-12-1-6-15(16(11-12)23(25,26)27)20(33)30-14-4-2-13(3-5-14)29-17-7-8-28-19-18(17)21-32(9-10-35-21)22(34)31-19/h1-8,11,21H,9-10H2,(H,30,33)(H2,28,29,31,34). The van der Waals surface area contributed by atoms with Gasteiger partial charge in [0.1, 0.15) is 11.6 Å². The van der Waals surface area contributed by atoms with Crippen LogP contribution in [0.4, 0.5) is 45.2 Å². The van der Waals surface area contributed by atoms with Crippen molar-refractivity contribution in [3.8, 4) is 0 Å². The highest BCUT2D eigenvalue weighted by molar-refractivity contribution is 6.05. The monoisotopic (exact) mass is 487 g/mol. The Kier molecular flexibility index (Phi) is 5.52. The smallest absolute Gasteiger partial charge is 0.355 e. The molecular formula is C23H17F4N5O3. The van der Waals surface area contributed by atoms with Crippen LogP contribution in [0, 0.1) is 5.82 Å². The van der Waals surface area contributed by atoms with Gasteiger partial charge in [0.25, 0.3) is 5.91 Å².